The van der Waals surface area contributed by atoms with Crippen molar-refractivity contribution in [2.24, 2.45) is 16.7 Å². The van der Waals surface area contributed by atoms with Gasteiger partial charge in [0.05, 0.1) is 0 Å². The summed E-state index contributed by atoms with van der Waals surface area (Å²) in [7, 11) is 0. The molecule has 2 saturated carbocycles. The second kappa shape index (κ2) is 2.02. The van der Waals surface area contributed by atoms with Crippen LogP contribution >= 0.6 is 0 Å². The van der Waals surface area contributed by atoms with Crippen molar-refractivity contribution in [1.29, 1.82) is 0 Å². The van der Waals surface area contributed by atoms with E-state index in [2.05, 4.69) is 20.8 Å². The lowest BCUT2D eigenvalue weighted by Gasteiger charge is -2.40. The van der Waals surface area contributed by atoms with Gasteiger partial charge in [-0.15, -0.1) is 0 Å². The predicted molar refractivity (Wildman–Crippen MR) is 48.5 cm³/mol. The lowest BCUT2D eigenvalue weighted by molar-refractivity contribution is 0.110. The summed E-state index contributed by atoms with van der Waals surface area (Å²) in [5.74, 6) is 1.02. The van der Waals surface area contributed by atoms with E-state index in [-0.39, 0.29) is 0 Å². The molecular weight excluding hydrogens is 132 g/mol. The van der Waals surface area contributed by atoms with Gasteiger partial charge in [0.25, 0.3) is 0 Å². The first kappa shape index (κ1) is 7.64. The first-order valence-corrected chi connectivity index (χ1v) is 5.04. The summed E-state index contributed by atoms with van der Waals surface area (Å²) < 4.78 is 0. The van der Waals surface area contributed by atoms with Crippen LogP contribution in [0.4, 0.5) is 0 Å². The van der Waals surface area contributed by atoms with Gasteiger partial charge in [0.2, 0.25) is 0 Å². The molecule has 0 aliphatic heterocycles. The quantitative estimate of drug-likeness (QED) is 0.497. The highest BCUT2D eigenvalue weighted by atomic mass is 14.6. The summed E-state index contributed by atoms with van der Waals surface area (Å²) in [6, 6.07) is 0. The third-order valence-electron chi connectivity index (χ3n) is 4.02. The Morgan fingerprint density at radius 1 is 1.09 bits per heavy atom. The van der Waals surface area contributed by atoms with Crippen LogP contribution in [0.25, 0.3) is 0 Å². The van der Waals surface area contributed by atoms with E-state index in [0.717, 1.165) is 11.3 Å². The monoisotopic (exact) mass is 152 g/mol. The zero-order chi connectivity index (χ0) is 8.11. The third kappa shape index (κ3) is 1.21. The van der Waals surface area contributed by atoms with Crippen molar-refractivity contribution in [3.05, 3.63) is 0 Å². The van der Waals surface area contributed by atoms with Gasteiger partial charge < -0.3 is 0 Å². The maximum atomic E-state index is 2.46. The van der Waals surface area contributed by atoms with Crippen molar-refractivity contribution in [3.8, 4) is 0 Å². The van der Waals surface area contributed by atoms with Crippen molar-refractivity contribution >= 4 is 0 Å². The molecule has 2 rings (SSSR count). The number of rotatable bonds is 0. The molecule has 2 aliphatic rings. The first-order chi connectivity index (χ1) is 5.04. The molecule has 0 bridgehead atoms. The number of hydrogen-bond acceptors (Lipinski definition) is 0. The summed E-state index contributed by atoms with van der Waals surface area (Å²) in [6.07, 6.45) is 7.49. The molecule has 0 nitrogen and oxygen atoms in total. The average Bonchev–Trinajstić information content (AvgIpc) is 2.61. The van der Waals surface area contributed by atoms with Crippen LogP contribution in [0.5, 0.6) is 0 Å². The van der Waals surface area contributed by atoms with E-state index in [1.807, 2.05) is 0 Å². The van der Waals surface area contributed by atoms with Crippen molar-refractivity contribution in [3.63, 3.8) is 0 Å². The standard InChI is InChI=1S/C11H20/c1-9-4-5-10(2,3)8-11(9)6-7-11/h9H,4-8H2,1-3H3. The van der Waals surface area contributed by atoms with Crippen molar-refractivity contribution in [2.75, 3.05) is 0 Å². The van der Waals surface area contributed by atoms with Crippen LogP contribution in [0.1, 0.15) is 52.9 Å². The molecule has 1 unspecified atom stereocenters. The van der Waals surface area contributed by atoms with Gasteiger partial charge in [-0.3, -0.25) is 0 Å². The summed E-state index contributed by atoms with van der Waals surface area (Å²) in [5.41, 5.74) is 1.48. The molecular formula is C11H20. The Balaban J connectivity index is 2.10. The van der Waals surface area contributed by atoms with E-state index in [4.69, 9.17) is 0 Å². The molecule has 0 heteroatoms. The molecule has 0 heterocycles. The van der Waals surface area contributed by atoms with Gasteiger partial charge in [-0.2, -0.15) is 0 Å². The van der Waals surface area contributed by atoms with E-state index in [0.29, 0.717) is 5.41 Å². The Hall–Kier alpha value is 0. The molecule has 1 atom stereocenters. The van der Waals surface area contributed by atoms with Crippen molar-refractivity contribution < 1.29 is 0 Å². The highest BCUT2D eigenvalue weighted by Gasteiger charge is 2.52. The maximum absolute atomic E-state index is 2.46. The van der Waals surface area contributed by atoms with Gasteiger partial charge in [0.15, 0.2) is 0 Å². The molecule has 0 N–H and O–H groups in total. The van der Waals surface area contributed by atoms with Gasteiger partial charge in [-0.05, 0) is 48.9 Å². The lowest BCUT2D eigenvalue weighted by atomic mass is 9.66. The van der Waals surface area contributed by atoms with Crippen LogP contribution in [0, 0.1) is 16.7 Å². The van der Waals surface area contributed by atoms with Gasteiger partial charge in [0.1, 0.15) is 0 Å². The smallest absolute Gasteiger partial charge is 0.0266 e. The van der Waals surface area contributed by atoms with E-state index in [9.17, 15) is 0 Å². The van der Waals surface area contributed by atoms with E-state index < -0.39 is 0 Å². The molecule has 0 saturated heterocycles. The molecule has 11 heavy (non-hydrogen) atoms. The fraction of sp³-hybridized carbons (Fsp3) is 1.00. The van der Waals surface area contributed by atoms with Gasteiger partial charge in [0, 0.05) is 0 Å². The van der Waals surface area contributed by atoms with E-state index in [1.54, 1.807) is 0 Å². The Labute approximate surface area is 70.4 Å². The summed E-state index contributed by atoms with van der Waals surface area (Å²) >= 11 is 0. The first-order valence-electron chi connectivity index (χ1n) is 5.04. The van der Waals surface area contributed by atoms with Crippen LogP contribution < -0.4 is 0 Å². The van der Waals surface area contributed by atoms with Crippen molar-refractivity contribution in [1.82, 2.24) is 0 Å². The minimum atomic E-state index is 0.656. The highest BCUT2D eigenvalue weighted by molar-refractivity contribution is 5.02. The molecule has 0 aromatic rings. The largest absolute Gasteiger partial charge is 0.0620 e. The molecule has 0 amide bonds. The second-order valence-corrected chi connectivity index (χ2v) is 5.64. The fourth-order valence-electron chi connectivity index (χ4n) is 2.96. The molecule has 2 fully saturated rings. The normalized spacial score (nSPS) is 39.0. The Kier molecular flexibility index (Phi) is 1.41. The highest BCUT2D eigenvalue weighted by Crippen LogP contribution is 2.63. The molecule has 0 aromatic heterocycles. The van der Waals surface area contributed by atoms with Crippen LogP contribution in [0.3, 0.4) is 0 Å². The fourth-order valence-corrected chi connectivity index (χ4v) is 2.96. The van der Waals surface area contributed by atoms with Crippen LogP contribution in [0.15, 0.2) is 0 Å². The molecule has 1 spiro atoms. The molecule has 0 aromatic carbocycles. The molecule has 2 aliphatic carbocycles. The lowest BCUT2D eigenvalue weighted by Crippen LogP contribution is -2.29. The summed E-state index contributed by atoms with van der Waals surface area (Å²) in [5, 5.41) is 0. The predicted octanol–water partition coefficient (Wildman–Crippen LogP) is 3.61. The van der Waals surface area contributed by atoms with E-state index in [1.165, 1.54) is 32.1 Å². The van der Waals surface area contributed by atoms with Crippen molar-refractivity contribution in [2.45, 2.75) is 52.9 Å². The van der Waals surface area contributed by atoms with E-state index >= 15 is 0 Å². The Morgan fingerprint density at radius 3 is 2.18 bits per heavy atom. The van der Waals surface area contributed by atoms with Crippen LogP contribution in [-0.4, -0.2) is 0 Å². The third-order valence-corrected chi connectivity index (χ3v) is 4.02. The SMILES string of the molecule is CC1CCC(C)(C)CC12CC2. The molecule has 64 valence electrons. The maximum Gasteiger partial charge on any atom is -0.0266 e. The zero-order valence-electron chi connectivity index (χ0n) is 8.11. The summed E-state index contributed by atoms with van der Waals surface area (Å²) in [4.78, 5) is 0. The van der Waals surface area contributed by atoms with Crippen LogP contribution in [0.2, 0.25) is 0 Å². The minimum absolute atomic E-state index is 0.656. The van der Waals surface area contributed by atoms with Crippen LogP contribution in [-0.2, 0) is 0 Å². The molecule has 0 radical (unpaired) electrons. The van der Waals surface area contributed by atoms with Gasteiger partial charge in [-0.25, -0.2) is 0 Å². The van der Waals surface area contributed by atoms with Gasteiger partial charge >= 0.3 is 0 Å². The zero-order valence-corrected chi connectivity index (χ0v) is 8.11. The average molecular weight is 152 g/mol. The van der Waals surface area contributed by atoms with Gasteiger partial charge in [-0.1, -0.05) is 20.8 Å². The Morgan fingerprint density at radius 2 is 1.73 bits per heavy atom. The Bertz CT molecular complexity index is 163. The minimum Gasteiger partial charge on any atom is -0.0620 e. The second-order valence-electron chi connectivity index (χ2n) is 5.64. The topological polar surface area (TPSA) is 0 Å². The summed E-state index contributed by atoms with van der Waals surface area (Å²) in [6.45, 7) is 7.35. The number of hydrogen-bond donors (Lipinski definition) is 0.